The molecule has 0 saturated carbocycles. The highest BCUT2D eigenvalue weighted by Gasteiger charge is 2.24. The molecule has 0 aliphatic heterocycles. The molecule has 4 rings (SSSR count). The van der Waals surface area contributed by atoms with Crippen molar-refractivity contribution in [2.75, 3.05) is 14.2 Å². The number of hydrogen-bond donors (Lipinski definition) is 0. The van der Waals surface area contributed by atoms with Gasteiger partial charge in [-0.25, -0.2) is 0 Å². The third kappa shape index (κ3) is 4.80. The van der Waals surface area contributed by atoms with Crippen molar-refractivity contribution in [1.82, 2.24) is 0 Å². The lowest BCUT2D eigenvalue weighted by molar-refractivity contribution is -0.383. The molecule has 0 radical (unpaired) electrons. The molecule has 0 atom stereocenters. The van der Waals surface area contributed by atoms with Crippen molar-refractivity contribution in [3.05, 3.63) is 107 Å². The van der Waals surface area contributed by atoms with Crippen LogP contribution in [0.3, 0.4) is 0 Å². The fourth-order valence-corrected chi connectivity index (χ4v) is 3.67. The molecule has 6 nitrogen and oxygen atoms in total. The lowest BCUT2D eigenvalue weighted by atomic mass is 9.95. The van der Waals surface area contributed by atoms with Gasteiger partial charge in [0, 0.05) is 11.6 Å². The van der Waals surface area contributed by atoms with Gasteiger partial charge < -0.3 is 14.2 Å². The summed E-state index contributed by atoms with van der Waals surface area (Å²) in [6.45, 7) is 0.326. The topological polar surface area (TPSA) is 70.8 Å². The Balaban J connectivity index is 1.81. The Labute approximate surface area is 192 Å². The number of methoxy groups -OCH3 is 2. The highest BCUT2D eigenvalue weighted by atomic mass is 16.6. The maximum atomic E-state index is 12.2. The molecule has 0 N–H and O–H groups in total. The minimum Gasteiger partial charge on any atom is -0.497 e. The lowest BCUT2D eigenvalue weighted by Gasteiger charge is -2.15. The molecule has 6 heteroatoms. The molecule has 0 aliphatic rings. The van der Waals surface area contributed by atoms with Crippen molar-refractivity contribution in [2.24, 2.45) is 0 Å². The third-order valence-corrected chi connectivity index (χ3v) is 5.34. The van der Waals surface area contributed by atoms with Crippen LogP contribution >= 0.6 is 0 Å². The minimum absolute atomic E-state index is 0.0115. The third-order valence-electron chi connectivity index (χ3n) is 5.34. The Bertz CT molecular complexity index is 1250. The van der Waals surface area contributed by atoms with Crippen LogP contribution in [0.5, 0.6) is 17.2 Å². The molecule has 0 saturated heterocycles. The zero-order valence-electron chi connectivity index (χ0n) is 18.4. The van der Waals surface area contributed by atoms with Gasteiger partial charge in [-0.2, -0.15) is 0 Å². The predicted octanol–water partition coefficient (Wildman–Crippen LogP) is 6.53. The van der Waals surface area contributed by atoms with Crippen LogP contribution in [0.25, 0.3) is 22.3 Å². The first kappa shape index (κ1) is 21.9. The fraction of sp³-hybridized carbons (Fsp3) is 0.111. The van der Waals surface area contributed by atoms with E-state index in [0.717, 1.165) is 11.1 Å². The second-order valence-electron chi connectivity index (χ2n) is 7.32. The van der Waals surface area contributed by atoms with Crippen LogP contribution in [0.1, 0.15) is 5.56 Å². The number of benzene rings is 4. The number of para-hydroxylation sites is 1. The second kappa shape index (κ2) is 9.87. The molecule has 4 aromatic rings. The summed E-state index contributed by atoms with van der Waals surface area (Å²) in [5.74, 6) is 1.80. The maximum Gasteiger partial charge on any atom is 0.285 e. The van der Waals surface area contributed by atoms with Crippen molar-refractivity contribution >= 4 is 5.69 Å². The molecular formula is C27H23NO5. The Morgan fingerprint density at radius 3 is 2.06 bits per heavy atom. The van der Waals surface area contributed by atoms with Crippen LogP contribution in [-0.4, -0.2) is 19.1 Å². The zero-order valence-corrected chi connectivity index (χ0v) is 18.4. The molecule has 0 heterocycles. The quantitative estimate of drug-likeness (QED) is 0.230. The van der Waals surface area contributed by atoms with Crippen molar-refractivity contribution in [1.29, 1.82) is 0 Å². The molecule has 4 aromatic carbocycles. The van der Waals surface area contributed by atoms with E-state index in [-0.39, 0.29) is 10.6 Å². The maximum absolute atomic E-state index is 12.2. The molecule has 0 amide bonds. The molecule has 166 valence electrons. The van der Waals surface area contributed by atoms with Gasteiger partial charge in [-0.3, -0.25) is 10.1 Å². The minimum atomic E-state index is -0.347. The van der Waals surface area contributed by atoms with Crippen LogP contribution in [0, 0.1) is 10.1 Å². The standard InChI is InChI=1S/C27H23NO5/c1-31-21-13-11-20(12-14-21)23-9-6-10-25(27(23)28(29)30)24-16-15-22(32-2)17-26(24)33-18-19-7-4-3-5-8-19/h3-17H,18H2,1-2H3. The van der Waals surface area contributed by atoms with E-state index in [1.165, 1.54) is 0 Å². The molecule has 33 heavy (non-hydrogen) atoms. The van der Waals surface area contributed by atoms with E-state index >= 15 is 0 Å². The first-order valence-corrected chi connectivity index (χ1v) is 10.4. The average molecular weight is 441 g/mol. The number of hydrogen-bond acceptors (Lipinski definition) is 5. The van der Waals surface area contributed by atoms with Crippen LogP contribution in [0.2, 0.25) is 0 Å². The normalized spacial score (nSPS) is 10.5. The van der Waals surface area contributed by atoms with Gasteiger partial charge in [-0.1, -0.05) is 48.5 Å². The van der Waals surface area contributed by atoms with Crippen LogP contribution in [0.15, 0.2) is 91.0 Å². The molecule has 0 aliphatic carbocycles. The van der Waals surface area contributed by atoms with E-state index < -0.39 is 0 Å². The van der Waals surface area contributed by atoms with Gasteiger partial charge >= 0.3 is 0 Å². The van der Waals surface area contributed by atoms with Gasteiger partial charge in [0.1, 0.15) is 23.9 Å². The van der Waals surface area contributed by atoms with Gasteiger partial charge in [0.05, 0.1) is 30.3 Å². The highest BCUT2D eigenvalue weighted by Crippen LogP contribution is 2.43. The Morgan fingerprint density at radius 2 is 1.39 bits per heavy atom. The Morgan fingerprint density at radius 1 is 0.727 bits per heavy atom. The number of nitro benzene ring substituents is 1. The molecular weight excluding hydrogens is 418 g/mol. The summed E-state index contributed by atoms with van der Waals surface area (Å²) in [5, 5.41) is 12.2. The largest absolute Gasteiger partial charge is 0.497 e. The summed E-state index contributed by atoms with van der Waals surface area (Å²) in [4.78, 5) is 11.9. The fourth-order valence-electron chi connectivity index (χ4n) is 3.67. The van der Waals surface area contributed by atoms with E-state index in [9.17, 15) is 10.1 Å². The summed E-state index contributed by atoms with van der Waals surface area (Å²) in [6, 6.07) is 27.6. The Kier molecular flexibility index (Phi) is 6.55. The zero-order chi connectivity index (χ0) is 23.2. The summed E-state index contributed by atoms with van der Waals surface area (Å²) in [7, 11) is 3.15. The van der Waals surface area contributed by atoms with E-state index in [1.807, 2.05) is 48.5 Å². The van der Waals surface area contributed by atoms with Gasteiger partial charge in [0.15, 0.2) is 0 Å². The summed E-state index contributed by atoms with van der Waals surface area (Å²) in [6.07, 6.45) is 0. The smallest absolute Gasteiger partial charge is 0.285 e. The lowest BCUT2D eigenvalue weighted by Crippen LogP contribution is -2.00. The highest BCUT2D eigenvalue weighted by molar-refractivity contribution is 5.88. The van der Waals surface area contributed by atoms with E-state index in [0.29, 0.717) is 40.5 Å². The van der Waals surface area contributed by atoms with Crippen molar-refractivity contribution in [3.63, 3.8) is 0 Å². The average Bonchev–Trinajstić information content (AvgIpc) is 2.87. The monoisotopic (exact) mass is 441 g/mol. The van der Waals surface area contributed by atoms with Gasteiger partial charge in [-0.05, 0) is 47.5 Å². The molecule has 0 fully saturated rings. The predicted molar refractivity (Wildman–Crippen MR) is 128 cm³/mol. The summed E-state index contributed by atoms with van der Waals surface area (Å²) in [5.41, 5.74) is 3.34. The van der Waals surface area contributed by atoms with Crippen molar-refractivity contribution in [2.45, 2.75) is 6.61 Å². The van der Waals surface area contributed by atoms with E-state index in [2.05, 4.69) is 0 Å². The summed E-state index contributed by atoms with van der Waals surface area (Å²) >= 11 is 0. The van der Waals surface area contributed by atoms with Crippen LogP contribution in [-0.2, 0) is 6.61 Å². The van der Waals surface area contributed by atoms with Gasteiger partial charge in [0.25, 0.3) is 5.69 Å². The van der Waals surface area contributed by atoms with Gasteiger partial charge in [0.2, 0.25) is 0 Å². The first-order valence-electron chi connectivity index (χ1n) is 10.4. The summed E-state index contributed by atoms with van der Waals surface area (Å²) < 4.78 is 16.7. The van der Waals surface area contributed by atoms with Gasteiger partial charge in [-0.15, -0.1) is 0 Å². The molecule has 0 aromatic heterocycles. The molecule has 0 spiro atoms. The number of nitro groups is 1. The number of nitrogens with zero attached hydrogens (tertiary/aromatic N) is 1. The van der Waals surface area contributed by atoms with E-state index in [4.69, 9.17) is 14.2 Å². The Hall–Kier alpha value is -4.32. The number of rotatable bonds is 8. The van der Waals surface area contributed by atoms with Crippen LogP contribution < -0.4 is 14.2 Å². The molecule has 0 bridgehead atoms. The SMILES string of the molecule is COc1ccc(-c2cccc(-c3ccc(OC)cc3OCc3ccccc3)c2[N+](=O)[O-])cc1. The van der Waals surface area contributed by atoms with E-state index in [1.54, 1.807) is 56.7 Å². The number of ether oxygens (including phenoxy) is 3. The second-order valence-corrected chi connectivity index (χ2v) is 7.32. The first-order chi connectivity index (χ1) is 16.1. The molecule has 0 unspecified atom stereocenters. The van der Waals surface area contributed by atoms with Crippen molar-refractivity contribution < 1.29 is 19.1 Å². The van der Waals surface area contributed by atoms with Crippen LogP contribution in [0.4, 0.5) is 5.69 Å². The van der Waals surface area contributed by atoms with Crippen molar-refractivity contribution in [3.8, 4) is 39.5 Å².